The first-order valence-corrected chi connectivity index (χ1v) is 8.15. The van der Waals surface area contributed by atoms with Gasteiger partial charge < -0.3 is 0 Å². The first-order valence-electron chi connectivity index (χ1n) is 6.35. The number of rotatable bonds is 0. The molecule has 2 rings (SSSR count). The molecule has 0 aromatic rings. The number of hydrogen-bond donors (Lipinski definition) is 0. The Morgan fingerprint density at radius 2 is 1.70 bits per heavy atom. The van der Waals surface area contributed by atoms with Gasteiger partial charge in [-0.25, -0.2) is 23.3 Å². The molecule has 3 heteroatoms. The van der Waals surface area contributed by atoms with Gasteiger partial charge in [-0.05, 0) is 0 Å². The van der Waals surface area contributed by atoms with Gasteiger partial charge in [-0.2, -0.15) is 11.6 Å². The first-order chi connectivity index (χ1) is 8.31. The molecule has 0 fully saturated rings. The van der Waals surface area contributed by atoms with E-state index in [0.717, 1.165) is 6.42 Å². The van der Waals surface area contributed by atoms with Gasteiger partial charge in [0.1, 0.15) is 0 Å². The molecular formula is C17H26Cl2Hf. The molecule has 0 aromatic carbocycles. The fourth-order valence-electron chi connectivity index (χ4n) is 1.50. The largest absolute Gasteiger partial charge is 0.147 e. The van der Waals surface area contributed by atoms with E-state index in [9.17, 15) is 0 Å². The van der Waals surface area contributed by atoms with Crippen LogP contribution in [0.5, 0.6) is 0 Å². The van der Waals surface area contributed by atoms with Crippen LogP contribution in [0.1, 0.15) is 48.0 Å². The zero-order valence-corrected chi connectivity index (χ0v) is 18.6. The maximum Gasteiger partial charge on any atom is -0.147 e. The Labute approximate surface area is 152 Å². The van der Waals surface area contributed by atoms with E-state index in [1.54, 1.807) is 3.26 Å². The van der Waals surface area contributed by atoms with Crippen LogP contribution in [0, 0.1) is 18.1 Å². The molecule has 2 aliphatic rings. The van der Waals surface area contributed by atoms with Crippen LogP contribution in [0.3, 0.4) is 0 Å². The van der Waals surface area contributed by atoms with Gasteiger partial charge in [0.15, 0.2) is 0 Å². The fraction of sp³-hybridized carbons (Fsp3) is 0.471. The standard InChI is InChI=1S/2C7H9.C3H6.2ClH.Hf/c2*1-6-3-4-7(2)5-6;1-3-2;;;/h5H,3H2,1-2H3;3,5,7H,1-2H3;1-2H3;2*1H;/q2*-1;;;;+2. The Morgan fingerprint density at radius 1 is 1.20 bits per heavy atom. The predicted molar refractivity (Wildman–Crippen MR) is 92.4 cm³/mol. The predicted octanol–water partition coefficient (Wildman–Crippen LogP) is 5.62. The fourth-order valence-corrected chi connectivity index (χ4v) is 1.50. The summed E-state index contributed by atoms with van der Waals surface area (Å²) in [5.74, 6) is 0.556. The van der Waals surface area contributed by atoms with E-state index in [4.69, 9.17) is 0 Å². The van der Waals surface area contributed by atoms with Crippen molar-refractivity contribution in [1.82, 2.24) is 0 Å². The smallest absolute Gasteiger partial charge is 0.147 e. The van der Waals surface area contributed by atoms with Gasteiger partial charge in [0, 0.05) is 0 Å². The maximum absolute atomic E-state index is 3.19. The Morgan fingerprint density at radius 3 is 1.80 bits per heavy atom. The summed E-state index contributed by atoms with van der Waals surface area (Å²) in [6.07, 6.45) is 13.8. The van der Waals surface area contributed by atoms with Gasteiger partial charge in [0.25, 0.3) is 0 Å². The third-order valence-corrected chi connectivity index (χ3v) is 2.20. The molecule has 1 unspecified atom stereocenters. The summed E-state index contributed by atoms with van der Waals surface area (Å²) >= 11 is 1.27. The van der Waals surface area contributed by atoms with Crippen LogP contribution in [0.2, 0.25) is 0 Å². The average Bonchev–Trinajstić information content (AvgIpc) is 2.76. The van der Waals surface area contributed by atoms with Crippen LogP contribution in [-0.4, -0.2) is 3.26 Å². The second-order valence-electron chi connectivity index (χ2n) is 5.04. The Bertz CT molecular complexity index is 397. The monoisotopic (exact) mass is 480 g/mol. The Balaban J connectivity index is -0.000000215. The quantitative estimate of drug-likeness (QED) is 0.313. The molecule has 0 radical (unpaired) electrons. The molecule has 0 saturated heterocycles. The van der Waals surface area contributed by atoms with Gasteiger partial charge in [0.05, 0.1) is 0 Å². The van der Waals surface area contributed by atoms with Crippen LogP contribution in [0.25, 0.3) is 0 Å². The van der Waals surface area contributed by atoms with E-state index in [1.165, 1.54) is 40.6 Å². The number of allylic oxidation sites excluding steroid dienone is 8. The Hall–Kier alpha value is 0.280. The topological polar surface area (TPSA) is 0 Å². The van der Waals surface area contributed by atoms with Crippen molar-refractivity contribution in [3.8, 4) is 0 Å². The van der Waals surface area contributed by atoms with Crippen LogP contribution < -0.4 is 0 Å². The van der Waals surface area contributed by atoms with E-state index >= 15 is 0 Å². The van der Waals surface area contributed by atoms with Crippen molar-refractivity contribution in [2.75, 3.05) is 0 Å². The molecule has 0 spiro atoms. The molecule has 20 heavy (non-hydrogen) atoms. The number of hydrogen-bond acceptors (Lipinski definition) is 0. The zero-order valence-electron chi connectivity index (χ0n) is 13.3. The van der Waals surface area contributed by atoms with Crippen molar-refractivity contribution >= 4 is 28.1 Å². The van der Waals surface area contributed by atoms with Crippen molar-refractivity contribution in [2.45, 2.75) is 48.0 Å². The average molecular weight is 480 g/mol. The normalized spacial score (nSPS) is 18.0. The second kappa shape index (κ2) is 14.2. The molecule has 2 aliphatic carbocycles. The van der Waals surface area contributed by atoms with Crippen LogP contribution in [-0.2, 0) is 23.9 Å². The van der Waals surface area contributed by atoms with Crippen LogP contribution >= 0.6 is 24.8 Å². The summed E-state index contributed by atoms with van der Waals surface area (Å²) in [5, 5.41) is 0. The van der Waals surface area contributed by atoms with Crippen molar-refractivity contribution in [3.63, 3.8) is 0 Å². The molecule has 1 atom stereocenters. The SMILES string of the molecule is CC1=CC(C)[C-]=C1.CC1=[C-]CC(C)=C1.C[C](C)=[Hf+2].Cl.Cl. The Kier molecular flexibility index (Phi) is 18.0. The van der Waals surface area contributed by atoms with Crippen molar-refractivity contribution in [2.24, 2.45) is 5.92 Å². The third-order valence-electron chi connectivity index (χ3n) is 2.20. The van der Waals surface area contributed by atoms with Crippen LogP contribution in [0.4, 0.5) is 0 Å². The van der Waals surface area contributed by atoms with Crippen molar-refractivity contribution < 1.29 is 23.9 Å². The van der Waals surface area contributed by atoms with Gasteiger partial charge in [-0.1, -0.05) is 26.7 Å². The molecule has 0 N–H and O–H groups in total. The van der Waals surface area contributed by atoms with Gasteiger partial charge in [-0.3, -0.25) is 12.2 Å². The summed E-state index contributed by atoms with van der Waals surface area (Å²) < 4.78 is 1.56. The van der Waals surface area contributed by atoms with E-state index in [1.807, 2.05) is 6.08 Å². The van der Waals surface area contributed by atoms with Gasteiger partial charge in [0.2, 0.25) is 0 Å². The maximum atomic E-state index is 3.19. The van der Waals surface area contributed by atoms with E-state index in [-0.39, 0.29) is 24.8 Å². The zero-order chi connectivity index (χ0) is 14.1. The molecule has 0 nitrogen and oxygen atoms in total. The third kappa shape index (κ3) is 16.3. The molecular weight excluding hydrogens is 454 g/mol. The van der Waals surface area contributed by atoms with E-state index < -0.39 is 0 Å². The van der Waals surface area contributed by atoms with Gasteiger partial charge >= 0.3 is 41.0 Å². The molecule has 112 valence electrons. The van der Waals surface area contributed by atoms with Crippen molar-refractivity contribution in [3.05, 3.63) is 47.1 Å². The summed E-state index contributed by atoms with van der Waals surface area (Å²) in [5.41, 5.74) is 4.06. The number of halogens is 2. The molecule has 0 aromatic heterocycles. The second-order valence-corrected chi connectivity index (χ2v) is 8.63. The molecule has 0 amide bonds. The van der Waals surface area contributed by atoms with Gasteiger partial charge in [-0.15, -0.1) is 38.2 Å². The molecule has 0 bridgehead atoms. The minimum atomic E-state index is 0. The summed E-state index contributed by atoms with van der Waals surface area (Å²) in [4.78, 5) is 0. The summed E-state index contributed by atoms with van der Waals surface area (Å²) in [7, 11) is 0. The van der Waals surface area contributed by atoms with E-state index in [0.29, 0.717) is 5.92 Å². The first kappa shape index (κ1) is 25.2. The molecule has 0 saturated carbocycles. The summed E-state index contributed by atoms with van der Waals surface area (Å²) in [6, 6.07) is 0. The summed E-state index contributed by atoms with van der Waals surface area (Å²) in [6.45, 7) is 12.7. The van der Waals surface area contributed by atoms with Crippen molar-refractivity contribution in [1.29, 1.82) is 0 Å². The minimum Gasteiger partial charge on any atom is -0.147 e. The molecule has 0 aliphatic heterocycles. The minimum absolute atomic E-state index is 0. The van der Waals surface area contributed by atoms with Crippen LogP contribution in [0.15, 0.2) is 34.9 Å². The molecule has 0 heterocycles. The van der Waals surface area contributed by atoms with E-state index in [2.05, 4.69) is 65.8 Å².